The lowest BCUT2D eigenvalue weighted by atomic mass is 10.1. The first kappa shape index (κ1) is 25.3. The van der Waals surface area contributed by atoms with Crippen LogP contribution in [0.1, 0.15) is 19.4 Å². The zero-order valence-electron chi connectivity index (χ0n) is 21.3. The van der Waals surface area contributed by atoms with Crippen LogP contribution in [0.2, 0.25) is 0 Å². The summed E-state index contributed by atoms with van der Waals surface area (Å²) in [6, 6.07) is 36.8. The van der Waals surface area contributed by atoms with Crippen LogP contribution in [-0.2, 0) is 20.4 Å². The van der Waals surface area contributed by atoms with Gasteiger partial charge in [0, 0.05) is 22.7 Å². The topological polar surface area (TPSA) is 51.3 Å². The number of para-hydroxylation sites is 1. The smallest absolute Gasteiger partial charge is 0.345 e. The van der Waals surface area contributed by atoms with Crippen molar-refractivity contribution in [2.24, 2.45) is 0 Å². The fourth-order valence-corrected chi connectivity index (χ4v) is 6.15. The van der Waals surface area contributed by atoms with Crippen molar-refractivity contribution in [1.82, 2.24) is 4.98 Å². The van der Waals surface area contributed by atoms with Crippen molar-refractivity contribution in [3.05, 3.63) is 121 Å². The summed E-state index contributed by atoms with van der Waals surface area (Å²) in [6.07, 6.45) is 1.86. The van der Waals surface area contributed by atoms with E-state index in [-0.39, 0.29) is 17.5 Å². The number of carbonyl (C=O) groups is 1. The standard InChI is InChI=1S/C33H28NO3S/c1-33(2,22-21-25-23-34-31-16-10-9-15-30(25)31)37-32(35)24-36-26-17-19-29(20-18-26)38(27-11-5-3-6-12-27)28-13-7-4-8-14-28/h3-20,23,34H,24H2,1-2H3/q+1. The van der Waals surface area contributed by atoms with Gasteiger partial charge in [-0.2, -0.15) is 0 Å². The van der Waals surface area contributed by atoms with Crippen LogP contribution in [0, 0.1) is 11.8 Å². The maximum absolute atomic E-state index is 12.5. The maximum Gasteiger partial charge on any atom is 0.345 e. The number of aromatic nitrogens is 1. The molecule has 4 aromatic carbocycles. The minimum atomic E-state index is -0.956. The average Bonchev–Trinajstić information content (AvgIpc) is 3.36. The number of fused-ring (bicyclic) bond motifs is 1. The largest absolute Gasteiger partial charge is 0.482 e. The van der Waals surface area contributed by atoms with E-state index in [0.29, 0.717) is 5.75 Å². The maximum atomic E-state index is 12.5. The molecule has 0 saturated carbocycles. The van der Waals surface area contributed by atoms with Crippen LogP contribution in [0.3, 0.4) is 0 Å². The zero-order chi connectivity index (χ0) is 26.4. The van der Waals surface area contributed by atoms with Crippen molar-refractivity contribution in [2.45, 2.75) is 34.1 Å². The number of hydrogen-bond acceptors (Lipinski definition) is 3. The second-order valence-corrected chi connectivity index (χ2v) is 11.2. The molecule has 0 atom stereocenters. The Morgan fingerprint density at radius 3 is 2.03 bits per heavy atom. The van der Waals surface area contributed by atoms with E-state index in [2.05, 4.69) is 77.5 Å². The van der Waals surface area contributed by atoms with Crippen LogP contribution in [0.5, 0.6) is 5.75 Å². The molecule has 0 amide bonds. The van der Waals surface area contributed by atoms with Gasteiger partial charge in [0.15, 0.2) is 26.9 Å². The predicted octanol–water partition coefficient (Wildman–Crippen LogP) is 7.02. The summed E-state index contributed by atoms with van der Waals surface area (Å²) in [6.45, 7) is 3.35. The molecular weight excluding hydrogens is 490 g/mol. The second-order valence-electron chi connectivity index (χ2n) is 9.17. The van der Waals surface area contributed by atoms with E-state index in [1.165, 1.54) is 14.7 Å². The molecule has 5 rings (SSSR count). The molecule has 0 aliphatic carbocycles. The number of benzene rings is 4. The van der Waals surface area contributed by atoms with Crippen molar-refractivity contribution in [2.75, 3.05) is 6.61 Å². The SMILES string of the molecule is CC(C)(C#Cc1c[nH]c2ccccc12)OC(=O)COc1ccc([S+](c2ccccc2)c2ccccc2)cc1. The van der Waals surface area contributed by atoms with Crippen molar-refractivity contribution in [1.29, 1.82) is 0 Å². The Balaban J connectivity index is 1.22. The highest BCUT2D eigenvalue weighted by Crippen LogP contribution is 2.32. The third-order valence-corrected chi connectivity index (χ3v) is 8.06. The lowest BCUT2D eigenvalue weighted by Gasteiger charge is -2.18. The van der Waals surface area contributed by atoms with Gasteiger partial charge in [-0.25, -0.2) is 4.79 Å². The monoisotopic (exact) mass is 518 g/mol. The molecule has 0 aliphatic rings. The molecule has 0 spiro atoms. The van der Waals surface area contributed by atoms with Crippen LogP contribution in [0.15, 0.2) is 130 Å². The van der Waals surface area contributed by atoms with Crippen LogP contribution in [0.25, 0.3) is 10.9 Å². The van der Waals surface area contributed by atoms with Crippen molar-refractivity contribution >= 4 is 27.8 Å². The van der Waals surface area contributed by atoms with Gasteiger partial charge in [-0.1, -0.05) is 66.4 Å². The average molecular weight is 519 g/mol. The molecule has 1 aromatic heterocycles. The molecule has 0 aliphatic heterocycles. The Morgan fingerprint density at radius 2 is 1.37 bits per heavy atom. The Morgan fingerprint density at radius 1 is 0.789 bits per heavy atom. The normalized spacial score (nSPS) is 11.1. The number of carbonyl (C=O) groups excluding carboxylic acids is 1. The van der Waals surface area contributed by atoms with Gasteiger partial charge < -0.3 is 14.5 Å². The molecule has 0 saturated heterocycles. The van der Waals surface area contributed by atoms with Gasteiger partial charge in [-0.05, 0) is 68.4 Å². The zero-order valence-corrected chi connectivity index (χ0v) is 22.1. The highest BCUT2D eigenvalue weighted by Gasteiger charge is 2.28. The summed E-state index contributed by atoms with van der Waals surface area (Å²) in [7, 11) is -0.238. The summed E-state index contributed by atoms with van der Waals surface area (Å²) in [5.74, 6) is 6.34. The fourth-order valence-electron chi connectivity index (χ4n) is 4.07. The minimum absolute atomic E-state index is 0.194. The van der Waals surface area contributed by atoms with Crippen molar-refractivity contribution in [3.8, 4) is 17.6 Å². The number of rotatable bonds is 7. The third-order valence-electron chi connectivity index (χ3n) is 5.83. The molecule has 38 heavy (non-hydrogen) atoms. The highest BCUT2D eigenvalue weighted by atomic mass is 32.2. The number of hydrogen-bond donors (Lipinski definition) is 1. The van der Waals surface area contributed by atoms with E-state index >= 15 is 0 Å². The Bertz CT molecular complexity index is 1540. The molecule has 4 nitrogen and oxygen atoms in total. The number of esters is 1. The van der Waals surface area contributed by atoms with Crippen LogP contribution >= 0.6 is 0 Å². The van der Waals surface area contributed by atoms with E-state index in [0.717, 1.165) is 16.5 Å². The lowest BCUT2D eigenvalue weighted by Crippen LogP contribution is -2.29. The van der Waals surface area contributed by atoms with Crippen molar-refractivity contribution < 1.29 is 14.3 Å². The number of aromatic amines is 1. The van der Waals surface area contributed by atoms with Crippen LogP contribution < -0.4 is 4.74 Å². The van der Waals surface area contributed by atoms with E-state index in [9.17, 15) is 4.79 Å². The molecule has 1 N–H and O–H groups in total. The highest BCUT2D eigenvalue weighted by molar-refractivity contribution is 7.97. The third kappa shape index (κ3) is 6.11. The molecule has 5 aromatic rings. The summed E-state index contributed by atoms with van der Waals surface area (Å²) in [5.41, 5.74) is 0.930. The summed E-state index contributed by atoms with van der Waals surface area (Å²) < 4.78 is 11.3. The molecule has 0 fully saturated rings. The van der Waals surface area contributed by atoms with Gasteiger partial charge >= 0.3 is 5.97 Å². The Kier molecular flexibility index (Phi) is 7.53. The summed E-state index contributed by atoms with van der Waals surface area (Å²) >= 11 is 0. The van der Waals surface area contributed by atoms with Gasteiger partial charge in [0.05, 0.1) is 10.9 Å². The minimum Gasteiger partial charge on any atom is -0.482 e. The molecule has 0 radical (unpaired) electrons. The predicted molar refractivity (Wildman–Crippen MR) is 152 cm³/mol. The van der Waals surface area contributed by atoms with Gasteiger partial charge in [-0.3, -0.25) is 0 Å². The van der Waals surface area contributed by atoms with Crippen LogP contribution in [-0.4, -0.2) is 23.2 Å². The van der Waals surface area contributed by atoms with Gasteiger partial charge in [-0.15, -0.1) is 0 Å². The van der Waals surface area contributed by atoms with Gasteiger partial charge in [0.25, 0.3) is 0 Å². The molecule has 0 bridgehead atoms. The van der Waals surface area contributed by atoms with E-state index in [1.54, 1.807) is 13.8 Å². The number of H-pyrrole nitrogens is 1. The Hall–Kier alpha value is -4.40. The quantitative estimate of drug-likeness (QED) is 0.143. The molecular formula is C33H28NO3S+. The molecule has 1 heterocycles. The van der Waals surface area contributed by atoms with Gasteiger partial charge in [0.2, 0.25) is 0 Å². The first-order chi connectivity index (χ1) is 18.5. The molecule has 5 heteroatoms. The number of ether oxygens (including phenoxy) is 2. The molecule has 0 unspecified atom stereocenters. The Labute approximate surface area is 226 Å². The van der Waals surface area contributed by atoms with E-state index in [1.807, 2.05) is 54.7 Å². The first-order valence-corrected chi connectivity index (χ1v) is 13.6. The number of nitrogens with one attached hydrogen (secondary N) is 1. The molecule has 188 valence electrons. The lowest BCUT2D eigenvalue weighted by molar-refractivity contribution is -0.154. The first-order valence-electron chi connectivity index (χ1n) is 12.4. The summed E-state index contributed by atoms with van der Waals surface area (Å²) in [4.78, 5) is 19.4. The fraction of sp³-hybridized carbons (Fsp3) is 0.121. The van der Waals surface area contributed by atoms with Crippen molar-refractivity contribution in [3.63, 3.8) is 0 Å². The van der Waals surface area contributed by atoms with Gasteiger partial charge in [0.1, 0.15) is 5.75 Å². The summed E-state index contributed by atoms with van der Waals surface area (Å²) in [5, 5.41) is 1.04. The van der Waals surface area contributed by atoms with Crippen LogP contribution in [0.4, 0.5) is 0 Å². The van der Waals surface area contributed by atoms with E-state index in [4.69, 9.17) is 9.47 Å². The second kappa shape index (κ2) is 11.3. The van der Waals surface area contributed by atoms with E-state index < -0.39 is 11.6 Å².